The fourth-order valence-corrected chi connectivity index (χ4v) is 2.77. The Labute approximate surface area is 104 Å². The minimum Gasteiger partial charge on any atom is -0.394 e. The van der Waals surface area contributed by atoms with Gasteiger partial charge in [0.15, 0.2) is 0 Å². The number of hydrogen-bond acceptors (Lipinski definition) is 4. The van der Waals surface area contributed by atoms with Crippen LogP contribution in [-0.2, 0) is 4.74 Å². The molecule has 1 saturated heterocycles. The van der Waals surface area contributed by atoms with Crippen molar-refractivity contribution in [1.29, 1.82) is 0 Å². The number of aliphatic hydroxyl groups excluding tert-OH is 1. The number of hydrogen-bond donors (Lipinski definition) is 2. The van der Waals surface area contributed by atoms with Crippen molar-refractivity contribution in [3.05, 3.63) is 0 Å². The maximum atomic E-state index is 9.60. The number of aliphatic hydroxyl groups is 1. The predicted octanol–water partition coefficient (Wildman–Crippen LogP) is 0.599. The zero-order valence-electron chi connectivity index (χ0n) is 11.3. The highest BCUT2D eigenvalue weighted by Gasteiger charge is 2.35. The monoisotopic (exact) mass is 242 g/mol. The summed E-state index contributed by atoms with van der Waals surface area (Å²) in [5.41, 5.74) is -0.169. The second-order valence-electron chi connectivity index (χ2n) is 6.09. The van der Waals surface area contributed by atoms with Crippen molar-refractivity contribution in [2.45, 2.75) is 57.4 Å². The molecule has 0 aromatic rings. The zero-order chi connectivity index (χ0) is 12.5. The van der Waals surface area contributed by atoms with Crippen LogP contribution in [0.3, 0.4) is 0 Å². The van der Waals surface area contributed by atoms with Gasteiger partial charge in [0.05, 0.1) is 24.4 Å². The lowest BCUT2D eigenvalue weighted by Gasteiger charge is -2.41. The quantitative estimate of drug-likeness (QED) is 0.741. The van der Waals surface area contributed by atoms with E-state index in [9.17, 15) is 5.11 Å². The lowest BCUT2D eigenvalue weighted by Crippen LogP contribution is -2.58. The van der Waals surface area contributed by atoms with Crippen LogP contribution in [0.5, 0.6) is 0 Å². The van der Waals surface area contributed by atoms with Gasteiger partial charge in [-0.1, -0.05) is 0 Å². The molecule has 1 saturated carbocycles. The summed E-state index contributed by atoms with van der Waals surface area (Å²) in [5.74, 6) is 0. The molecule has 1 aliphatic carbocycles. The zero-order valence-corrected chi connectivity index (χ0v) is 11.3. The molecule has 1 aliphatic heterocycles. The van der Waals surface area contributed by atoms with E-state index in [0.717, 1.165) is 19.6 Å². The van der Waals surface area contributed by atoms with Crippen molar-refractivity contribution in [3.63, 3.8) is 0 Å². The molecule has 0 amide bonds. The van der Waals surface area contributed by atoms with E-state index in [4.69, 9.17) is 4.74 Å². The fraction of sp³-hybridized carbons (Fsp3) is 1.00. The van der Waals surface area contributed by atoms with E-state index < -0.39 is 0 Å². The van der Waals surface area contributed by atoms with Gasteiger partial charge in [-0.25, -0.2) is 0 Å². The summed E-state index contributed by atoms with van der Waals surface area (Å²) in [7, 11) is 0. The molecule has 0 aromatic heterocycles. The first-order valence-corrected chi connectivity index (χ1v) is 6.77. The summed E-state index contributed by atoms with van der Waals surface area (Å²) in [5, 5.41) is 13.2. The normalized spacial score (nSPS) is 34.6. The second kappa shape index (κ2) is 5.22. The molecule has 100 valence electrons. The van der Waals surface area contributed by atoms with Crippen LogP contribution in [0, 0.1) is 0 Å². The molecule has 0 aromatic carbocycles. The van der Waals surface area contributed by atoms with Crippen LogP contribution in [0.25, 0.3) is 0 Å². The summed E-state index contributed by atoms with van der Waals surface area (Å²) in [6, 6.07) is 0.628. The van der Waals surface area contributed by atoms with Gasteiger partial charge >= 0.3 is 0 Å². The van der Waals surface area contributed by atoms with Crippen LogP contribution < -0.4 is 5.32 Å². The Morgan fingerprint density at radius 3 is 2.35 bits per heavy atom. The van der Waals surface area contributed by atoms with Gasteiger partial charge < -0.3 is 15.2 Å². The average Bonchev–Trinajstić information content (AvgIpc) is 2.99. The number of nitrogens with one attached hydrogen (secondary N) is 1. The van der Waals surface area contributed by atoms with Crippen LogP contribution in [0.1, 0.15) is 33.6 Å². The molecule has 4 heteroatoms. The molecule has 17 heavy (non-hydrogen) atoms. The van der Waals surface area contributed by atoms with Crippen LogP contribution in [0.15, 0.2) is 0 Å². The maximum absolute atomic E-state index is 9.60. The van der Waals surface area contributed by atoms with Gasteiger partial charge in [-0.05, 0) is 33.6 Å². The van der Waals surface area contributed by atoms with Crippen molar-refractivity contribution in [2.75, 3.05) is 26.2 Å². The molecule has 2 aliphatic rings. The van der Waals surface area contributed by atoms with E-state index in [-0.39, 0.29) is 12.1 Å². The van der Waals surface area contributed by atoms with Crippen molar-refractivity contribution in [2.24, 2.45) is 0 Å². The van der Waals surface area contributed by atoms with Crippen molar-refractivity contribution in [1.82, 2.24) is 10.2 Å². The van der Waals surface area contributed by atoms with E-state index in [1.54, 1.807) is 0 Å². The highest BCUT2D eigenvalue weighted by atomic mass is 16.5. The summed E-state index contributed by atoms with van der Waals surface area (Å²) >= 11 is 0. The molecule has 4 nitrogen and oxygen atoms in total. The first-order valence-electron chi connectivity index (χ1n) is 6.77. The summed E-state index contributed by atoms with van der Waals surface area (Å²) in [4.78, 5) is 2.41. The molecule has 3 atom stereocenters. The molecular weight excluding hydrogens is 216 g/mol. The largest absolute Gasteiger partial charge is 0.394 e. The van der Waals surface area contributed by atoms with Gasteiger partial charge in [0.2, 0.25) is 0 Å². The average molecular weight is 242 g/mol. The molecule has 2 N–H and O–H groups in total. The van der Waals surface area contributed by atoms with Crippen LogP contribution >= 0.6 is 0 Å². The number of ether oxygens (including phenoxy) is 1. The Morgan fingerprint density at radius 1 is 1.29 bits per heavy atom. The van der Waals surface area contributed by atoms with Crippen molar-refractivity contribution in [3.8, 4) is 0 Å². The third-order valence-electron chi connectivity index (χ3n) is 3.55. The molecule has 0 spiro atoms. The topological polar surface area (TPSA) is 44.7 Å². The summed E-state index contributed by atoms with van der Waals surface area (Å²) < 4.78 is 5.73. The minimum atomic E-state index is -0.169. The predicted molar refractivity (Wildman–Crippen MR) is 68.1 cm³/mol. The van der Waals surface area contributed by atoms with Crippen molar-refractivity contribution < 1.29 is 9.84 Å². The van der Waals surface area contributed by atoms with Gasteiger partial charge in [-0.2, -0.15) is 0 Å². The van der Waals surface area contributed by atoms with Gasteiger partial charge in [0.25, 0.3) is 0 Å². The lowest BCUT2D eigenvalue weighted by atomic mass is 10.0. The highest BCUT2D eigenvalue weighted by Crippen LogP contribution is 2.23. The molecule has 2 fully saturated rings. The Hall–Kier alpha value is -0.160. The smallest absolute Gasteiger partial charge is 0.0678 e. The van der Waals surface area contributed by atoms with Gasteiger partial charge in [-0.15, -0.1) is 0 Å². The van der Waals surface area contributed by atoms with Crippen LogP contribution in [0.4, 0.5) is 0 Å². The van der Waals surface area contributed by atoms with E-state index in [1.165, 1.54) is 12.8 Å². The minimum absolute atomic E-state index is 0.169. The Balaban J connectivity index is 1.87. The van der Waals surface area contributed by atoms with E-state index >= 15 is 0 Å². The summed E-state index contributed by atoms with van der Waals surface area (Å²) in [6.45, 7) is 9.39. The second-order valence-corrected chi connectivity index (χ2v) is 6.09. The first kappa shape index (κ1) is 13.3. The molecule has 2 rings (SSSR count). The maximum Gasteiger partial charge on any atom is 0.0678 e. The Kier molecular flexibility index (Phi) is 4.08. The first-order chi connectivity index (χ1) is 8.00. The standard InChI is InChI=1S/C13H26N2O2/c1-10-6-15(7-11(2)17-10)8-13(3,9-16)14-12-4-5-12/h10-12,14,16H,4-9H2,1-3H3/t10-,11+,13?. The molecule has 1 unspecified atom stereocenters. The number of nitrogens with zero attached hydrogens (tertiary/aromatic N) is 1. The van der Waals surface area contributed by atoms with Crippen molar-refractivity contribution >= 4 is 0 Å². The van der Waals surface area contributed by atoms with Gasteiger partial charge in [0, 0.05) is 25.7 Å². The Morgan fingerprint density at radius 2 is 1.88 bits per heavy atom. The third-order valence-corrected chi connectivity index (χ3v) is 3.55. The Bertz CT molecular complexity index is 248. The SMILES string of the molecule is C[C@@H]1CN(CC(C)(CO)NC2CC2)C[C@H](C)O1. The molecular formula is C13H26N2O2. The lowest BCUT2D eigenvalue weighted by molar-refractivity contribution is -0.0757. The van der Waals surface area contributed by atoms with E-state index in [1.807, 2.05) is 0 Å². The van der Waals surface area contributed by atoms with Gasteiger partial charge in [-0.3, -0.25) is 4.90 Å². The van der Waals surface area contributed by atoms with Crippen LogP contribution in [0.2, 0.25) is 0 Å². The molecule has 0 radical (unpaired) electrons. The third kappa shape index (κ3) is 3.91. The van der Waals surface area contributed by atoms with E-state index in [2.05, 4.69) is 31.0 Å². The van der Waals surface area contributed by atoms with Crippen LogP contribution in [-0.4, -0.2) is 60.0 Å². The van der Waals surface area contributed by atoms with Gasteiger partial charge in [0.1, 0.15) is 0 Å². The number of morpholine rings is 1. The highest BCUT2D eigenvalue weighted by molar-refractivity contribution is 4.95. The number of rotatable bonds is 5. The molecule has 0 bridgehead atoms. The fourth-order valence-electron chi connectivity index (χ4n) is 2.77. The molecule has 1 heterocycles. The van der Waals surface area contributed by atoms with E-state index in [0.29, 0.717) is 18.2 Å². The summed E-state index contributed by atoms with van der Waals surface area (Å²) in [6.07, 6.45) is 3.10.